The number of anilines is 1. The molecule has 1 aromatic heterocycles. The van der Waals surface area contributed by atoms with Gasteiger partial charge in [-0.05, 0) is 30.3 Å². The second-order valence-electron chi connectivity index (χ2n) is 7.15. The first-order valence-corrected chi connectivity index (χ1v) is 11.5. The highest BCUT2D eigenvalue weighted by Crippen LogP contribution is 2.28. The number of nitrogens with zero attached hydrogens (tertiary/aromatic N) is 3. The summed E-state index contributed by atoms with van der Waals surface area (Å²) < 4.78 is 34.0. The Hall–Kier alpha value is -2.99. The Morgan fingerprint density at radius 1 is 1.16 bits per heavy atom. The fraction of sp³-hybridized carbons (Fsp3) is 0.250. The SMILES string of the molecule is O=C(Cn1ccc2cc([N+](=O)[O-])ccc21)Nc1ccc(Cl)c(S(=O)(=O)N2CCOCC2)c1. The molecule has 0 bridgehead atoms. The third-order valence-corrected chi connectivity index (χ3v) is 7.46. The van der Waals surface area contributed by atoms with Crippen LogP contribution in [0.25, 0.3) is 10.9 Å². The Morgan fingerprint density at radius 3 is 2.62 bits per heavy atom. The summed E-state index contributed by atoms with van der Waals surface area (Å²) in [6.07, 6.45) is 1.66. The molecular weight excluding hydrogens is 460 g/mol. The molecule has 1 aliphatic rings. The van der Waals surface area contributed by atoms with Crippen LogP contribution in [0.5, 0.6) is 0 Å². The van der Waals surface area contributed by atoms with Gasteiger partial charge in [-0.1, -0.05) is 11.6 Å². The van der Waals surface area contributed by atoms with E-state index in [-0.39, 0.29) is 35.2 Å². The zero-order valence-electron chi connectivity index (χ0n) is 16.7. The van der Waals surface area contributed by atoms with Crippen LogP contribution in [-0.4, -0.2) is 54.4 Å². The van der Waals surface area contributed by atoms with Crippen molar-refractivity contribution in [1.82, 2.24) is 8.87 Å². The van der Waals surface area contributed by atoms with Gasteiger partial charge < -0.3 is 14.6 Å². The second kappa shape index (κ2) is 8.87. The van der Waals surface area contributed by atoms with Gasteiger partial charge in [0, 0.05) is 48.0 Å². The van der Waals surface area contributed by atoms with Crippen LogP contribution in [0, 0.1) is 10.1 Å². The van der Waals surface area contributed by atoms with Crippen molar-refractivity contribution in [2.75, 3.05) is 31.6 Å². The molecule has 0 saturated carbocycles. The lowest BCUT2D eigenvalue weighted by Crippen LogP contribution is -2.40. The number of fused-ring (bicyclic) bond motifs is 1. The number of hydrogen-bond donors (Lipinski definition) is 1. The number of amides is 1. The Balaban J connectivity index is 1.52. The average Bonchev–Trinajstić information content (AvgIpc) is 3.17. The van der Waals surface area contributed by atoms with Crippen molar-refractivity contribution in [1.29, 1.82) is 0 Å². The van der Waals surface area contributed by atoms with Gasteiger partial charge in [0.15, 0.2) is 0 Å². The van der Waals surface area contributed by atoms with Gasteiger partial charge in [0.1, 0.15) is 11.4 Å². The van der Waals surface area contributed by atoms with E-state index in [1.807, 2.05) is 0 Å². The normalized spacial score (nSPS) is 15.0. The predicted molar refractivity (Wildman–Crippen MR) is 118 cm³/mol. The van der Waals surface area contributed by atoms with Gasteiger partial charge in [0.25, 0.3) is 5.69 Å². The molecular formula is C20H19ClN4O6S. The van der Waals surface area contributed by atoms with Gasteiger partial charge >= 0.3 is 0 Å². The van der Waals surface area contributed by atoms with Crippen LogP contribution in [0.1, 0.15) is 0 Å². The van der Waals surface area contributed by atoms with Crippen molar-refractivity contribution in [3.05, 3.63) is 63.8 Å². The predicted octanol–water partition coefficient (Wildman–Crippen LogP) is 2.86. The summed E-state index contributed by atoms with van der Waals surface area (Å²) in [6.45, 7) is 1.01. The molecule has 1 saturated heterocycles. The van der Waals surface area contributed by atoms with E-state index in [1.165, 1.54) is 34.6 Å². The van der Waals surface area contributed by atoms with Crippen molar-refractivity contribution in [2.24, 2.45) is 0 Å². The first-order valence-electron chi connectivity index (χ1n) is 9.66. The van der Waals surface area contributed by atoms with Crippen LogP contribution in [0.4, 0.5) is 11.4 Å². The van der Waals surface area contributed by atoms with Crippen LogP contribution in [0.2, 0.25) is 5.02 Å². The number of carbonyl (C=O) groups is 1. The summed E-state index contributed by atoms with van der Waals surface area (Å²) in [5, 5.41) is 14.3. The number of carbonyl (C=O) groups excluding carboxylic acids is 1. The smallest absolute Gasteiger partial charge is 0.270 e. The van der Waals surface area contributed by atoms with E-state index < -0.39 is 20.9 Å². The molecule has 1 fully saturated rings. The summed E-state index contributed by atoms with van der Waals surface area (Å²) in [5.74, 6) is -0.391. The number of aromatic nitrogens is 1. The molecule has 2 aromatic carbocycles. The topological polar surface area (TPSA) is 124 Å². The molecule has 0 atom stereocenters. The maximum atomic E-state index is 12.9. The minimum atomic E-state index is -3.83. The molecule has 4 rings (SSSR count). The fourth-order valence-electron chi connectivity index (χ4n) is 3.50. The molecule has 1 aliphatic heterocycles. The van der Waals surface area contributed by atoms with E-state index in [1.54, 1.807) is 22.9 Å². The third kappa shape index (κ3) is 4.46. The number of hydrogen-bond acceptors (Lipinski definition) is 6. The number of sulfonamides is 1. The molecule has 2 heterocycles. The van der Waals surface area contributed by atoms with Gasteiger partial charge in [-0.3, -0.25) is 14.9 Å². The van der Waals surface area contributed by atoms with E-state index >= 15 is 0 Å². The minimum absolute atomic E-state index is 0.0325. The van der Waals surface area contributed by atoms with E-state index in [9.17, 15) is 23.3 Å². The lowest BCUT2D eigenvalue weighted by atomic mass is 10.2. The van der Waals surface area contributed by atoms with Crippen molar-refractivity contribution in [2.45, 2.75) is 11.4 Å². The van der Waals surface area contributed by atoms with Gasteiger partial charge in [0.05, 0.1) is 23.2 Å². The van der Waals surface area contributed by atoms with Gasteiger partial charge in [-0.15, -0.1) is 0 Å². The molecule has 1 amide bonds. The molecule has 10 nitrogen and oxygen atoms in total. The maximum absolute atomic E-state index is 12.9. The third-order valence-electron chi connectivity index (χ3n) is 5.08. The van der Waals surface area contributed by atoms with Crippen molar-refractivity contribution in [3.63, 3.8) is 0 Å². The van der Waals surface area contributed by atoms with Gasteiger partial charge in [-0.25, -0.2) is 8.42 Å². The molecule has 0 aliphatic carbocycles. The standard InChI is InChI=1S/C20H19ClN4O6S/c21-17-3-1-15(12-19(17)32(29,30)24-7-9-31-10-8-24)22-20(26)13-23-6-5-14-11-16(25(27)28)2-4-18(14)23/h1-6,11-12H,7-10,13H2,(H,22,26). The number of ether oxygens (including phenoxy) is 1. The number of nitro benzene ring substituents is 1. The number of nitro groups is 1. The Labute approximate surface area is 188 Å². The number of halogens is 1. The highest BCUT2D eigenvalue weighted by molar-refractivity contribution is 7.89. The Morgan fingerprint density at radius 2 is 1.91 bits per heavy atom. The molecule has 12 heteroatoms. The lowest BCUT2D eigenvalue weighted by Gasteiger charge is -2.26. The fourth-order valence-corrected chi connectivity index (χ4v) is 5.41. The maximum Gasteiger partial charge on any atom is 0.270 e. The Bertz CT molecular complexity index is 1300. The summed E-state index contributed by atoms with van der Waals surface area (Å²) in [6, 6.07) is 10.4. The van der Waals surface area contributed by atoms with E-state index in [0.29, 0.717) is 29.8 Å². The van der Waals surface area contributed by atoms with Crippen molar-refractivity contribution < 1.29 is 22.9 Å². The second-order valence-corrected chi connectivity index (χ2v) is 9.47. The first-order chi connectivity index (χ1) is 15.3. The summed E-state index contributed by atoms with van der Waals surface area (Å²) in [7, 11) is -3.83. The molecule has 3 aromatic rings. The summed E-state index contributed by atoms with van der Waals surface area (Å²) >= 11 is 6.15. The zero-order chi connectivity index (χ0) is 22.9. The van der Waals surface area contributed by atoms with Crippen LogP contribution >= 0.6 is 11.6 Å². The zero-order valence-corrected chi connectivity index (χ0v) is 18.3. The Kier molecular flexibility index (Phi) is 6.15. The van der Waals surface area contributed by atoms with Crippen molar-refractivity contribution >= 4 is 49.8 Å². The van der Waals surface area contributed by atoms with Crippen molar-refractivity contribution in [3.8, 4) is 0 Å². The number of non-ortho nitro benzene ring substituents is 1. The molecule has 1 N–H and O–H groups in total. The highest BCUT2D eigenvalue weighted by atomic mass is 35.5. The summed E-state index contributed by atoms with van der Waals surface area (Å²) in [4.78, 5) is 23.0. The number of benzene rings is 2. The molecule has 0 radical (unpaired) electrons. The monoisotopic (exact) mass is 478 g/mol. The largest absolute Gasteiger partial charge is 0.379 e. The minimum Gasteiger partial charge on any atom is -0.379 e. The molecule has 168 valence electrons. The molecule has 0 spiro atoms. The highest BCUT2D eigenvalue weighted by Gasteiger charge is 2.28. The van der Waals surface area contributed by atoms with Crippen LogP contribution < -0.4 is 5.32 Å². The lowest BCUT2D eigenvalue weighted by molar-refractivity contribution is -0.384. The van der Waals surface area contributed by atoms with E-state index in [2.05, 4.69) is 5.32 Å². The van der Waals surface area contributed by atoms with Crippen LogP contribution in [0.3, 0.4) is 0 Å². The van der Waals surface area contributed by atoms with E-state index in [0.717, 1.165) is 0 Å². The quantitative estimate of drug-likeness (QED) is 0.429. The first kappa shape index (κ1) is 22.2. The summed E-state index contributed by atoms with van der Waals surface area (Å²) in [5.41, 5.74) is 0.922. The number of nitrogens with one attached hydrogen (secondary N) is 1. The molecule has 32 heavy (non-hydrogen) atoms. The van der Waals surface area contributed by atoms with Crippen LogP contribution in [-0.2, 0) is 26.1 Å². The molecule has 0 unspecified atom stereocenters. The number of morpholine rings is 1. The van der Waals surface area contributed by atoms with Gasteiger partial charge in [-0.2, -0.15) is 4.31 Å². The average molecular weight is 479 g/mol. The van der Waals surface area contributed by atoms with E-state index in [4.69, 9.17) is 16.3 Å². The van der Waals surface area contributed by atoms with Gasteiger partial charge in [0.2, 0.25) is 15.9 Å². The van der Waals surface area contributed by atoms with Crippen LogP contribution in [0.15, 0.2) is 53.6 Å². The number of rotatable bonds is 6.